The quantitative estimate of drug-likeness (QED) is 0.708. The predicted molar refractivity (Wildman–Crippen MR) is 46.3 cm³/mol. The molecule has 0 aliphatic heterocycles. The second-order valence-electron chi connectivity index (χ2n) is 2.25. The predicted octanol–water partition coefficient (Wildman–Crippen LogP) is 1.30. The van der Waals surface area contributed by atoms with Crippen molar-refractivity contribution in [1.82, 2.24) is 4.98 Å². The smallest absolute Gasteiger partial charge is 0.247 e. The molecule has 0 aliphatic carbocycles. The summed E-state index contributed by atoms with van der Waals surface area (Å²) < 4.78 is 0. The van der Waals surface area contributed by atoms with Crippen molar-refractivity contribution in [3.8, 4) is 6.07 Å². The second kappa shape index (κ2) is 4.14. The fraction of sp³-hybridized carbons (Fsp3) is 0.111. The van der Waals surface area contributed by atoms with Gasteiger partial charge in [-0.05, 0) is 11.6 Å². The minimum absolute atomic E-state index is 0.118. The summed E-state index contributed by atoms with van der Waals surface area (Å²) in [6, 6.07) is 5.14. The van der Waals surface area contributed by atoms with Gasteiger partial charge in [0.2, 0.25) is 5.56 Å². The summed E-state index contributed by atoms with van der Waals surface area (Å²) in [5, 5.41) is 8.23. The summed E-state index contributed by atoms with van der Waals surface area (Å²) in [7, 11) is 0. The third-order valence-corrected chi connectivity index (χ3v) is 1.33. The van der Waals surface area contributed by atoms with Crippen molar-refractivity contribution in [3.63, 3.8) is 0 Å². The third-order valence-electron chi connectivity index (χ3n) is 1.33. The lowest BCUT2D eigenvalue weighted by Crippen LogP contribution is -2.00. The molecule has 0 atom stereocenters. The van der Waals surface area contributed by atoms with E-state index in [0.29, 0.717) is 6.42 Å². The van der Waals surface area contributed by atoms with E-state index >= 15 is 0 Å². The number of nitrogens with zero attached hydrogens (tertiary/aromatic N) is 1. The Morgan fingerprint density at radius 3 is 3.00 bits per heavy atom. The summed E-state index contributed by atoms with van der Waals surface area (Å²) in [5.41, 5.74) is 0.775. The zero-order valence-electron chi connectivity index (χ0n) is 6.45. The van der Waals surface area contributed by atoms with Gasteiger partial charge in [-0.2, -0.15) is 5.26 Å². The number of H-pyrrole nitrogens is 1. The molecule has 0 spiro atoms. The van der Waals surface area contributed by atoms with E-state index in [9.17, 15) is 4.79 Å². The number of aromatic nitrogens is 1. The van der Waals surface area contributed by atoms with E-state index in [1.807, 2.05) is 6.07 Å². The molecule has 0 radical (unpaired) electrons. The first-order valence-electron chi connectivity index (χ1n) is 3.55. The van der Waals surface area contributed by atoms with Crippen LogP contribution in [0.2, 0.25) is 0 Å². The zero-order chi connectivity index (χ0) is 8.81. The lowest BCUT2D eigenvalue weighted by molar-refractivity contribution is 1.23. The maximum Gasteiger partial charge on any atom is 0.247 e. The summed E-state index contributed by atoms with van der Waals surface area (Å²) >= 11 is 0. The van der Waals surface area contributed by atoms with Crippen LogP contribution in [0.25, 0.3) is 6.08 Å². The number of aromatic amines is 1. The molecule has 0 fully saturated rings. The molecule has 60 valence electrons. The van der Waals surface area contributed by atoms with Crippen LogP contribution < -0.4 is 5.56 Å². The van der Waals surface area contributed by atoms with Crippen molar-refractivity contribution in [2.24, 2.45) is 0 Å². The Bertz CT molecular complexity index is 350. The van der Waals surface area contributed by atoms with Gasteiger partial charge in [-0.25, -0.2) is 0 Å². The Kier molecular flexibility index (Phi) is 2.86. The maximum atomic E-state index is 10.6. The average Bonchev–Trinajstić information content (AvgIpc) is 2.09. The summed E-state index contributed by atoms with van der Waals surface area (Å²) in [6.07, 6.45) is 5.53. The molecule has 0 saturated heterocycles. The van der Waals surface area contributed by atoms with Crippen LogP contribution in [0.3, 0.4) is 0 Å². The number of nitrogens with one attached hydrogen (secondary N) is 1. The summed E-state index contributed by atoms with van der Waals surface area (Å²) in [5.74, 6) is 0. The fourth-order valence-corrected chi connectivity index (χ4v) is 0.774. The maximum absolute atomic E-state index is 10.6. The molecular formula is C9H8N2O. The second-order valence-corrected chi connectivity index (χ2v) is 2.25. The van der Waals surface area contributed by atoms with Crippen molar-refractivity contribution in [3.05, 3.63) is 40.3 Å². The SMILES string of the molecule is N#CCC=Cc1ccc(=O)[nH]c1. The van der Waals surface area contributed by atoms with Crippen LogP contribution in [0.5, 0.6) is 0 Å². The monoisotopic (exact) mass is 160 g/mol. The van der Waals surface area contributed by atoms with E-state index in [4.69, 9.17) is 5.26 Å². The topological polar surface area (TPSA) is 56.6 Å². The lowest BCUT2D eigenvalue weighted by atomic mass is 10.2. The highest BCUT2D eigenvalue weighted by molar-refractivity contribution is 5.47. The van der Waals surface area contributed by atoms with Crippen LogP contribution in [0.4, 0.5) is 0 Å². The van der Waals surface area contributed by atoms with Crippen LogP contribution in [-0.4, -0.2) is 4.98 Å². The van der Waals surface area contributed by atoms with Gasteiger partial charge >= 0.3 is 0 Å². The highest BCUT2D eigenvalue weighted by Gasteiger charge is 1.84. The Morgan fingerprint density at radius 1 is 1.58 bits per heavy atom. The van der Waals surface area contributed by atoms with E-state index in [0.717, 1.165) is 5.56 Å². The largest absolute Gasteiger partial charge is 0.329 e. The third kappa shape index (κ3) is 2.43. The van der Waals surface area contributed by atoms with E-state index in [-0.39, 0.29) is 5.56 Å². The molecule has 3 nitrogen and oxygen atoms in total. The first-order chi connectivity index (χ1) is 5.83. The molecule has 0 saturated carbocycles. The number of pyridine rings is 1. The Balaban J connectivity index is 2.72. The van der Waals surface area contributed by atoms with Gasteiger partial charge < -0.3 is 4.98 Å². The van der Waals surface area contributed by atoms with Gasteiger partial charge in [0, 0.05) is 12.3 Å². The van der Waals surface area contributed by atoms with Gasteiger partial charge in [0.05, 0.1) is 12.5 Å². The molecule has 1 aromatic heterocycles. The van der Waals surface area contributed by atoms with Crippen molar-refractivity contribution in [2.75, 3.05) is 0 Å². The van der Waals surface area contributed by atoms with Gasteiger partial charge in [0.15, 0.2) is 0 Å². The molecule has 0 amide bonds. The fourth-order valence-electron chi connectivity index (χ4n) is 0.774. The summed E-state index contributed by atoms with van der Waals surface area (Å²) in [6.45, 7) is 0. The number of nitriles is 1. The van der Waals surface area contributed by atoms with Crippen LogP contribution in [0.15, 0.2) is 29.2 Å². The van der Waals surface area contributed by atoms with Crippen molar-refractivity contribution >= 4 is 6.08 Å². The minimum atomic E-state index is -0.118. The number of allylic oxidation sites excluding steroid dienone is 1. The molecule has 0 aromatic carbocycles. The van der Waals surface area contributed by atoms with E-state index in [1.165, 1.54) is 6.07 Å². The number of rotatable bonds is 2. The van der Waals surface area contributed by atoms with Crippen molar-refractivity contribution < 1.29 is 0 Å². The molecule has 0 aliphatic rings. The van der Waals surface area contributed by atoms with E-state index < -0.39 is 0 Å². The van der Waals surface area contributed by atoms with Crippen molar-refractivity contribution in [2.45, 2.75) is 6.42 Å². The molecule has 1 aromatic rings. The molecule has 0 unspecified atom stereocenters. The van der Waals surface area contributed by atoms with Gasteiger partial charge in [-0.15, -0.1) is 0 Å². The Labute approximate surface area is 70.0 Å². The zero-order valence-corrected chi connectivity index (χ0v) is 6.45. The molecule has 1 rings (SSSR count). The lowest BCUT2D eigenvalue weighted by Gasteiger charge is -1.88. The normalized spacial score (nSPS) is 9.92. The van der Waals surface area contributed by atoms with Crippen molar-refractivity contribution in [1.29, 1.82) is 5.26 Å². The minimum Gasteiger partial charge on any atom is -0.329 e. The van der Waals surface area contributed by atoms with Crippen LogP contribution in [0.1, 0.15) is 12.0 Å². The van der Waals surface area contributed by atoms with Gasteiger partial charge in [-0.1, -0.05) is 12.2 Å². The standard InChI is InChI=1S/C9H8N2O/c10-6-2-1-3-8-4-5-9(12)11-7-8/h1,3-5,7H,2H2,(H,11,12). The first-order valence-corrected chi connectivity index (χ1v) is 3.55. The van der Waals surface area contributed by atoms with E-state index in [1.54, 1.807) is 24.4 Å². The average molecular weight is 160 g/mol. The molecule has 1 heterocycles. The number of hydrogen-bond acceptors (Lipinski definition) is 2. The Morgan fingerprint density at radius 2 is 2.42 bits per heavy atom. The highest BCUT2D eigenvalue weighted by atomic mass is 16.1. The molecule has 12 heavy (non-hydrogen) atoms. The molecule has 3 heteroatoms. The number of hydrogen-bond donors (Lipinski definition) is 1. The van der Waals surface area contributed by atoms with Gasteiger partial charge in [-0.3, -0.25) is 4.79 Å². The molecular weight excluding hydrogens is 152 g/mol. The van der Waals surface area contributed by atoms with Gasteiger partial charge in [0.1, 0.15) is 0 Å². The van der Waals surface area contributed by atoms with Crippen LogP contribution >= 0.6 is 0 Å². The van der Waals surface area contributed by atoms with E-state index in [2.05, 4.69) is 4.98 Å². The Hall–Kier alpha value is -1.82. The van der Waals surface area contributed by atoms with Crippen LogP contribution in [0, 0.1) is 11.3 Å². The first kappa shape index (κ1) is 8.28. The molecule has 0 bridgehead atoms. The van der Waals surface area contributed by atoms with Crippen LogP contribution in [-0.2, 0) is 0 Å². The summed E-state index contributed by atoms with van der Waals surface area (Å²) in [4.78, 5) is 13.2. The van der Waals surface area contributed by atoms with Gasteiger partial charge in [0.25, 0.3) is 0 Å². The highest BCUT2D eigenvalue weighted by Crippen LogP contribution is 1.96. The molecule has 1 N–H and O–H groups in total.